The van der Waals surface area contributed by atoms with Gasteiger partial charge in [-0.15, -0.1) is 10.2 Å². The average molecular weight is 310 g/mol. The van der Waals surface area contributed by atoms with E-state index in [0.717, 1.165) is 11.3 Å². The zero-order valence-electron chi connectivity index (χ0n) is 12.4. The summed E-state index contributed by atoms with van der Waals surface area (Å²) >= 11 is 0. The van der Waals surface area contributed by atoms with E-state index in [2.05, 4.69) is 25.5 Å². The summed E-state index contributed by atoms with van der Waals surface area (Å²) < 4.78 is 5.16. The van der Waals surface area contributed by atoms with Gasteiger partial charge in [0.2, 0.25) is 5.82 Å². The Hall–Kier alpha value is -3.29. The van der Waals surface area contributed by atoms with Crippen molar-refractivity contribution in [2.24, 2.45) is 0 Å². The fraction of sp³-hybridized carbons (Fsp3) is 0.133. The van der Waals surface area contributed by atoms with Gasteiger partial charge in [0.25, 0.3) is 5.91 Å². The normalized spacial score (nSPS) is 10.5. The maximum absolute atomic E-state index is 12.2. The van der Waals surface area contributed by atoms with Gasteiger partial charge in [0.05, 0.1) is 18.5 Å². The van der Waals surface area contributed by atoms with Crippen molar-refractivity contribution in [3.63, 3.8) is 0 Å². The molecule has 0 fully saturated rings. The lowest BCUT2D eigenvalue weighted by Gasteiger charge is -2.07. The largest absolute Gasteiger partial charge is 0.461 e. The van der Waals surface area contributed by atoms with E-state index >= 15 is 0 Å². The minimum atomic E-state index is -0.460. The predicted molar refractivity (Wildman–Crippen MR) is 82.1 cm³/mol. The summed E-state index contributed by atoms with van der Waals surface area (Å²) in [5, 5.41) is 10.4. The molecule has 3 heterocycles. The van der Waals surface area contributed by atoms with Gasteiger partial charge in [-0.05, 0) is 30.7 Å². The highest BCUT2D eigenvalue weighted by atomic mass is 16.3. The molecule has 116 valence electrons. The van der Waals surface area contributed by atoms with Gasteiger partial charge >= 0.3 is 0 Å². The van der Waals surface area contributed by atoms with Gasteiger partial charge in [-0.25, -0.2) is 4.98 Å². The molecule has 1 amide bonds. The lowest BCUT2D eigenvalue weighted by molar-refractivity contribution is 0.0945. The number of aromatic nitrogens is 4. The van der Waals surface area contributed by atoms with Crippen LogP contribution in [-0.4, -0.2) is 26.1 Å². The van der Waals surface area contributed by atoms with E-state index in [4.69, 9.17) is 10.2 Å². The first-order valence-electron chi connectivity index (χ1n) is 6.88. The Morgan fingerprint density at radius 3 is 2.87 bits per heavy atom. The summed E-state index contributed by atoms with van der Waals surface area (Å²) in [6.07, 6.45) is 3.16. The van der Waals surface area contributed by atoms with Crippen LogP contribution >= 0.6 is 0 Å². The summed E-state index contributed by atoms with van der Waals surface area (Å²) in [6.45, 7) is 2.19. The van der Waals surface area contributed by atoms with Gasteiger partial charge in [-0.3, -0.25) is 9.78 Å². The maximum atomic E-state index is 12.2. The quantitative estimate of drug-likeness (QED) is 0.746. The number of aryl methyl sites for hydroxylation is 1. The third-order valence-corrected chi connectivity index (χ3v) is 3.20. The second kappa shape index (κ2) is 6.22. The molecule has 8 heteroatoms. The zero-order chi connectivity index (χ0) is 16.2. The van der Waals surface area contributed by atoms with E-state index in [1.54, 1.807) is 18.3 Å². The van der Waals surface area contributed by atoms with Crippen LogP contribution in [0.15, 0.2) is 41.1 Å². The van der Waals surface area contributed by atoms with Crippen molar-refractivity contribution in [3.8, 4) is 11.6 Å². The summed E-state index contributed by atoms with van der Waals surface area (Å²) in [6, 6.07) is 7.13. The number of carbonyl (C=O) groups excluding carboxylic acids is 1. The topological polar surface area (TPSA) is 120 Å². The van der Waals surface area contributed by atoms with Crippen molar-refractivity contribution < 1.29 is 9.21 Å². The molecular weight excluding hydrogens is 296 g/mol. The number of hydrogen-bond acceptors (Lipinski definition) is 7. The Bertz CT molecular complexity index is 832. The van der Waals surface area contributed by atoms with Crippen molar-refractivity contribution in [3.05, 3.63) is 53.7 Å². The number of amides is 1. The van der Waals surface area contributed by atoms with E-state index in [9.17, 15) is 4.79 Å². The third-order valence-electron chi connectivity index (χ3n) is 3.20. The zero-order valence-corrected chi connectivity index (χ0v) is 12.4. The van der Waals surface area contributed by atoms with E-state index in [1.165, 1.54) is 6.26 Å². The lowest BCUT2D eigenvalue weighted by atomic mass is 10.2. The summed E-state index contributed by atoms with van der Waals surface area (Å²) in [7, 11) is 0. The van der Waals surface area contributed by atoms with Gasteiger partial charge in [0.1, 0.15) is 0 Å². The van der Waals surface area contributed by atoms with E-state index in [1.807, 2.05) is 19.1 Å². The Balaban J connectivity index is 1.74. The van der Waals surface area contributed by atoms with Crippen LogP contribution < -0.4 is 11.1 Å². The summed E-state index contributed by atoms with van der Waals surface area (Å²) in [5.74, 6) is 0.185. The Morgan fingerprint density at radius 2 is 2.17 bits per heavy atom. The van der Waals surface area contributed by atoms with Gasteiger partial charge in [-0.2, -0.15) is 0 Å². The Kier molecular flexibility index (Phi) is 3.96. The number of furan rings is 1. The Morgan fingerprint density at radius 1 is 1.30 bits per heavy atom. The number of anilines is 1. The molecule has 0 aliphatic carbocycles. The van der Waals surface area contributed by atoms with E-state index in [-0.39, 0.29) is 23.9 Å². The third kappa shape index (κ3) is 3.15. The molecule has 3 aromatic rings. The van der Waals surface area contributed by atoms with Crippen LogP contribution in [0.2, 0.25) is 0 Å². The van der Waals surface area contributed by atoms with Crippen LogP contribution in [0.4, 0.5) is 5.82 Å². The van der Waals surface area contributed by atoms with Crippen molar-refractivity contribution in [1.29, 1.82) is 0 Å². The first kappa shape index (κ1) is 14.6. The van der Waals surface area contributed by atoms with Gasteiger partial charge < -0.3 is 15.5 Å². The van der Waals surface area contributed by atoms with Crippen LogP contribution in [0.25, 0.3) is 11.6 Å². The number of pyridine rings is 1. The predicted octanol–water partition coefficient (Wildman–Crippen LogP) is 1.35. The maximum Gasteiger partial charge on any atom is 0.275 e. The highest BCUT2D eigenvalue weighted by Crippen LogP contribution is 2.16. The molecule has 0 radical (unpaired) electrons. The van der Waals surface area contributed by atoms with Gasteiger partial charge in [0.15, 0.2) is 17.3 Å². The molecule has 0 spiro atoms. The van der Waals surface area contributed by atoms with Crippen LogP contribution in [0.1, 0.15) is 21.7 Å². The van der Waals surface area contributed by atoms with Crippen LogP contribution in [0.3, 0.4) is 0 Å². The molecular formula is C15H14N6O2. The molecule has 0 aliphatic rings. The number of nitrogens with one attached hydrogen (secondary N) is 1. The smallest absolute Gasteiger partial charge is 0.275 e. The highest BCUT2D eigenvalue weighted by molar-refractivity contribution is 5.96. The molecule has 0 bridgehead atoms. The average Bonchev–Trinajstić information content (AvgIpc) is 3.08. The fourth-order valence-electron chi connectivity index (χ4n) is 1.96. The first-order valence-corrected chi connectivity index (χ1v) is 6.88. The molecule has 3 N–H and O–H groups in total. The van der Waals surface area contributed by atoms with Crippen LogP contribution in [-0.2, 0) is 6.54 Å². The Labute approximate surface area is 131 Å². The summed E-state index contributed by atoms with van der Waals surface area (Å²) in [4.78, 5) is 20.4. The fourth-order valence-corrected chi connectivity index (χ4v) is 1.96. The lowest BCUT2D eigenvalue weighted by Crippen LogP contribution is -2.26. The van der Waals surface area contributed by atoms with Crippen molar-refractivity contribution in [1.82, 2.24) is 25.5 Å². The van der Waals surface area contributed by atoms with Crippen LogP contribution in [0, 0.1) is 6.92 Å². The summed E-state index contributed by atoms with van der Waals surface area (Å²) in [5.41, 5.74) is 7.52. The standard InChI is InChI=1S/C15H14N6O2/c1-9-4-2-6-17-10(9)8-18-15(22)12-13(16)19-14(21-20-12)11-5-3-7-23-11/h2-7H,8H2,1H3,(H,18,22)(H2,16,19,21). The number of hydrogen-bond donors (Lipinski definition) is 2. The molecule has 0 aliphatic heterocycles. The highest BCUT2D eigenvalue weighted by Gasteiger charge is 2.16. The van der Waals surface area contributed by atoms with E-state index in [0.29, 0.717) is 5.76 Å². The number of nitrogen functional groups attached to an aromatic ring is 1. The van der Waals surface area contributed by atoms with Crippen molar-refractivity contribution in [2.75, 3.05) is 5.73 Å². The molecule has 0 saturated carbocycles. The molecule has 3 rings (SSSR count). The number of carbonyl (C=O) groups is 1. The second-order valence-electron chi connectivity index (χ2n) is 4.80. The molecule has 0 unspecified atom stereocenters. The molecule has 23 heavy (non-hydrogen) atoms. The molecule has 0 aromatic carbocycles. The van der Waals surface area contributed by atoms with Crippen molar-refractivity contribution in [2.45, 2.75) is 13.5 Å². The molecule has 0 saturated heterocycles. The van der Waals surface area contributed by atoms with Crippen LogP contribution in [0.5, 0.6) is 0 Å². The minimum Gasteiger partial charge on any atom is -0.461 e. The monoisotopic (exact) mass is 310 g/mol. The number of nitrogens with two attached hydrogens (primary N) is 1. The van der Waals surface area contributed by atoms with Gasteiger partial charge in [-0.1, -0.05) is 6.07 Å². The van der Waals surface area contributed by atoms with E-state index < -0.39 is 5.91 Å². The first-order chi connectivity index (χ1) is 11.1. The number of rotatable bonds is 4. The molecule has 0 atom stereocenters. The SMILES string of the molecule is Cc1cccnc1CNC(=O)c1nnc(-c2ccco2)nc1N. The minimum absolute atomic E-state index is 0.0124. The number of nitrogens with zero attached hydrogens (tertiary/aromatic N) is 4. The van der Waals surface area contributed by atoms with Crippen molar-refractivity contribution >= 4 is 11.7 Å². The second-order valence-corrected chi connectivity index (χ2v) is 4.80. The molecule has 8 nitrogen and oxygen atoms in total. The van der Waals surface area contributed by atoms with Gasteiger partial charge in [0, 0.05) is 6.20 Å². The molecule has 3 aromatic heterocycles.